The summed E-state index contributed by atoms with van der Waals surface area (Å²) in [5.74, 6) is -0.340. The van der Waals surface area contributed by atoms with Gasteiger partial charge < -0.3 is 15.4 Å². The molecule has 0 saturated heterocycles. The van der Waals surface area contributed by atoms with Crippen molar-refractivity contribution in [2.45, 2.75) is 45.1 Å². The van der Waals surface area contributed by atoms with Gasteiger partial charge >= 0.3 is 5.97 Å². The first-order valence-electron chi connectivity index (χ1n) is 7.82. The minimum Gasteiger partial charge on any atom is -0.468 e. The molecule has 0 radical (unpaired) electrons. The highest BCUT2D eigenvalue weighted by Crippen LogP contribution is 2.19. The lowest BCUT2D eigenvalue weighted by atomic mass is 9.95. The lowest BCUT2D eigenvalue weighted by Gasteiger charge is -2.23. The molecule has 0 heterocycles. The zero-order valence-electron chi connectivity index (χ0n) is 13.3. The molecule has 1 aliphatic rings. The van der Waals surface area contributed by atoms with Crippen molar-refractivity contribution in [2.75, 3.05) is 19.0 Å². The number of carbonyl (C=O) groups excluding carboxylic acids is 2. The molecule has 0 spiro atoms. The van der Waals surface area contributed by atoms with E-state index < -0.39 is 0 Å². The molecule has 5 heteroatoms. The molecular weight excluding hydrogens is 280 g/mol. The van der Waals surface area contributed by atoms with Crippen LogP contribution in [0, 0.1) is 6.92 Å². The van der Waals surface area contributed by atoms with Crippen LogP contribution in [0.2, 0.25) is 0 Å². The molecule has 2 rings (SSSR count). The molecule has 1 fully saturated rings. The third-order valence-electron chi connectivity index (χ3n) is 4.08. The smallest absolute Gasteiger partial charge is 0.325 e. The SMILES string of the molecule is COC(=O)CNc1ccc(C(=O)NC2CCCCC2)cc1C. The highest BCUT2D eigenvalue weighted by atomic mass is 16.5. The minimum atomic E-state index is -0.321. The van der Waals surface area contributed by atoms with Crippen LogP contribution < -0.4 is 10.6 Å². The molecule has 0 unspecified atom stereocenters. The van der Waals surface area contributed by atoms with Gasteiger partial charge in [0.05, 0.1) is 7.11 Å². The van der Waals surface area contributed by atoms with Gasteiger partial charge in [-0.2, -0.15) is 0 Å². The summed E-state index contributed by atoms with van der Waals surface area (Å²) in [6, 6.07) is 5.76. The molecule has 2 N–H and O–H groups in total. The quantitative estimate of drug-likeness (QED) is 0.821. The Morgan fingerprint density at radius 2 is 1.95 bits per heavy atom. The van der Waals surface area contributed by atoms with Gasteiger partial charge in [-0.3, -0.25) is 9.59 Å². The van der Waals surface area contributed by atoms with E-state index in [9.17, 15) is 9.59 Å². The summed E-state index contributed by atoms with van der Waals surface area (Å²) in [5, 5.41) is 6.11. The molecule has 5 nitrogen and oxygen atoms in total. The van der Waals surface area contributed by atoms with Crippen LogP contribution >= 0.6 is 0 Å². The van der Waals surface area contributed by atoms with Crippen LogP contribution in [0.25, 0.3) is 0 Å². The number of hydrogen-bond donors (Lipinski definition) is 2. The lowest BCUT2D eigenvalue weighted by Crippen LogP contribution is -2.36. The Morgan fingerprint density at radius 3 is 2.59 bits per heavy atom. The van der Waals surface area contributed by atoms with Gasteiger partial charge in [0.15, 0.2) is 0 Å². The zero-order valence-corrected chi connectivity index (χ0v) is 13.3. The number of anilines is 1. The average molecular weight is 304 g/mol. The lowest BCUT2D eigenvalue weighted by molar-refractivity contribution is -0.138. The van der Waals surface area contributed by atoms with E-state index in [0.717, 1.165) is 24.1 Å². The van der Waals surface area contributed by atoms with Gasteiger partial charge in [0.25, 0.3) is 5.91 Å². The van der Waals surface area contributed by atoms with Gasteiger partial charge in [-0.25, -0.2) is 0 Å². The van der Waals surface area contributed by atoms with Crippen LogP contribution in [-0.2, 0) is 9.53 Å². The summed E-state index contributed by atoms with van der Waals surface area (Å²) < 4.78 is 4.59. The third kappa shape index (κ3) is 4.48. The molecule has 0 atom stereocenters. The van der Waals surface area contributed by atoms with Gasteiger partial charge in [0.1, 0.15) is 6.54 Å². The van der Waals surface area contributed by atoms with Gasteiger partial charge in [0, 0.05) is 17.3 Å². The number of hydrogen-bond acceptors (Lipinski definition) is 4. The normalized spacial score (nSPS) is 15.2. The predicted molar refractivity (Wildman–Crippen MR) is 86.0 cm³/mol. The number of rotatable bonds is 5. The second-order valence-electron chi connectivity index (χ2n) is 5.77. The highest BCUT2D eigenvalue weighted by molar-refractivity contribution is 5.95. The van der Waals surface area contributed by atoms with E-state index in [-0.39, 0.29) is 18.4 Å². The highest BCUT2D eigenvalue weighted by Gasteiger charge is 2.17. The predicted octanol–water partition coefficient (Wildman–Crippen LogP) is 2.64. The van der Waals surface area contributed by atoms with Crippen molar-refractivity contribution in [3.8, 4) is 0 Å². The van der Waals surface area contributed by atoms with E-state index in [4.69, 9.17) is 0 Å². The summed E-state index contributed by atoms with van der Waals surface area (Å²) in [4.78, 5) is 23.4. The topological polar surface area (TPSA) is 67.4 Å². The molecule has 1 aliphatic carbocycles. The Balaban J connectivity index is 1.95. The van der Waals surface area contributed by atoms with Crippen LogP contribution in [0.1, 0.15) is 48.0 Å². The fraction of sp³-hybridized carbons (Fsp3) is 0.529. The van der Waals surface area contributed by atoms with Crippen molar-refractivity contribution in [3.63, 3.8) is 0 Å². The van der Waals surface area contributed by atoms with Crippen molar-refractivity contribution in [3.05, 3.63) is 29.3 Å². The van der Waals surface area contributed by atoms with E-state index in [0.29, 0.717) is 11.6 Å². The van der Waals surface area contributed by atoms with Crippen LogP contribution in [-0.4, -0.2) is 31.6 Å². The van der Waals surface area contributed by atoms with Crippen molar-refractivity contribution >= 4 is 17.6 Å². The first kappa shape index (κ1) is 16.3. The number of methoxy groups -OCH3 is 1. The van der Waals surface area contributed by atoms with Gasteiger partial charge in [-0.05, 0) is 43.5 Å². The van der Waals surface area contributed by atoms with E-state index in [1.807, 2.05) is 19.1 Å². The summed E-state index contributed by atoms with van der Waals surface area (Å²) in [7, 11) is 1.36. The third-order valence-corrected chi connectivity index (χ3v) is 4.08. The monoisotopic (exact) mass is 304 g/mol. The fourth-order valence-corrected chi connectivity index (χ4v) is 2.76. The summed E-state index contributed by atoms with van der Waals surface area (Å²) in [6.07, 6.45) is 5.81. The Kier molecular flexibility index (Phi) is 5.81. The molecule has 1 aromatic rings. The number of benzene rings is 1. The molecule has 0 aliphatic heterocycles. The largest absolute Gasteiger partial charge is 0.468 e. The molecule has 0 aromatic heterocycles. The molecular formula is C17H24N2O3. The standard InChI is InChI=1S/C17H24N2O3/c1-12-10-13(8-9-15(12)18-11-16(20)22-2)17(21)19-14-6-4-3-5-7-14/h8-10,14,18H,3-7,11H2,1-2H3,(H,19,21). The molecule has 1 aromatic carbocycles. The summed E-state index contributed by atoms with van der Waals surface area (Å²) in [5.41, 5.74) is 2.42. The summed E-state index contributed by atoms with van der Waals surface area (Å²) in [6.45, 7) is 2.03. The Morgan fingerprint density at radius 1 is 1.23 bits per heavy atom. The van der Waals surface area contributed by atoms with E-state index in [1.54, 1.807) is 6.07 Å². The van der Waals surface area contributed by atoms with Crippen LogP contribution in [0.4, 0.5) is 5.69 Å². The second kappa shape index (κ2) is 7.82. The van der Waals surface area contributed by atoms with Crippen LogP contribution in [0.15, 0.2) is 18.2 Å². The van der Waals surface area contributed by atoms with Crippen LogP contribution in [0.5, 0.6) is 0 Å². The van der Waals surface area contributed by atoms with Gasteiger partial charge in [0.2, 0.25) is 0 Å². The van der Waals surface area contributed by atoms with Crippen molar-refractivity contribution < 1.29 is 14.3 Å². The maximum absolute atomic E-state index is 12.3. The number of amides is 1. The Labute approximate surface area is 131 Å². The number of nitrogens with one attached hydrogen (secondary N) is 2. The molecule has 1 saturated carbocycles. The molecule has 22 heavy (non-hydrogen) atoms. The maximum atomic E-state index is 12.3. The molecule has 120 valence electrons. The number of esters is 1. The average Bonchev–Trinajstić information content (AvgIpc) is 2.54. The minimum absolute atomic E-state index is 0.0190. The first-order chi connectivity index (χ1) is 10.6. The van der Waals surface area contributed by atoms with Crippen LogP contribution in [0.3, 0.4) is 0 Å². The maximum Gasteiger partial charge on any atom is 0.325 e. The Hall–Kier alpha value is -2.04. The first-order valence-corrected chi connectivity index (χ1v) is 7.82. The van der Waals surface area contributed by atoms with Gasteiger partial charge in [-0.1, -0.05) is 19.3 Å². The van der Waals surface area contributed by atoms with Gasteiger partial charge in [-0.15, -0.1) is 0 Å². The molecule has 1 amide bonds. The number of ether oxygens (including phenoxy) is 1. The van der Waals surface area contributed by atoms with Crippen molar-refractivity contribution in [1.82, 2.24) is 5.32 Å². The van der Waals surface area contributed by atoms with E-state index >= 15 is 0 Å². The molecule has 0 bridgehead atoms. The zero-order chi connectivity index (χ0) is 15.9. The number of carbonyl (C=O) groups is 2. The fourth-order valence-electron chi connectivity index (χ4n) is 2.76. The van der Waals surface area contributed by atoms with E-state index in [1.165, 1.54) is 26.4 Å². The van der Waals surface area contributed by atoms with Crippen molar-refractivity contribution in [2.24, 2.45) is 0 Å². The van der Waals surface area contributed by atoms with E-state index in [2.05, 4.69) is 15.4 Å². The summed E-state index contributed by atoms with van der Waals surface area (Å²) >= 11 is 0. The van der Waals surface area contributed by atoms with Crippen molar-refractivity contribution in [1.29, 1.82) is 0 Å². The Bertz CT molecular complexity index is 537. The second-order valence-corrected chi connectivity index (χ2v) is 5.77. The number of aryl methyl sites for hydroxylation is 1.